The van der Waals surface area contributed by atoms with Crippen molar-refractivity contribution >= 4 is 22.0 Å². The molecule has 1 fully saturated rings. The summed E-state index contributed by atoms with van der Waals surface area (Å²) in [7, 11) is -3.56. The normalized spacial score (nSPS) is 16.3. The van der Waals surface area contributed by atoms with Gasteiger partial charge in [-0.1, -0.05) is 39.0 Å². The summed E-state index contributed by atoms with van der Waals surface area (Å²) in [6.45, 7) is 7.59. The lowest BCUT2D eigenvalue weighted by molar-refractivity contribution is -0.127. The Morgan fingerprint density at radius 3 is 2.24 bits per heavy atom. The molecule has 1 aliphatic rings. The summed E-state index contributed by atoms with van der Waals surface area (Å²) >= 11 is 0. The van der Waals surface area contributed by atoms with Crippen molar-refractivity contribution in [3.8, 4) is 0 Å². The summed E-state index contributed by atoms with van der Waals surface area (Å²) in [4.78, 5) is 18.4. The van der Waals surface area contributed by atoms with E-state index >= 15 is 0 Å². The first kappa shape index (κ1) is 21.2. The molecule has 1 aliphatic heterocycles. The molecule has 2 heterocycles. The number of rotatable bonds is 4. The van der Waals surface area contributed by atoms with Gasteiger partial charge in [0.25, 0.3) is 0 Å². The van der Waals surface area contributed by atoms with Crippen molar-refractivity contribution in [2.75, 3.05) is 26.2 Å². The molecule has 7 heteroatoms. The Bertz CT molecular complexity index is 970. The van der Waals surface area contributed by atoms with Gasteiger partial charge in [0.1, 0.15) is 0 Å². The van der Waals surface area contributed by atoms with Gasteiger partial charge in [0.15, 0.2) is 0 Å². The molecule has 2 aromatic rings. The van der Waals surface area contributed by atoms with Crippen LogP contribution in [0, 0.1) is 0 Å². The van der Waals surface area contributed by atoms with E-state index in [1.807, 2.05) is 24.3 Å². The van der Waals surface area contributed by atoms with Crippen molar-refractivity contribution in [3.63, 3.8) is 0 Å². The van der Waals surface area contributed by atoms with Crippen LogP contribution in [0.1, 0.15) is 31.9 Å². The lowest BCUT2D eigenvalue weighted by Gasteiger charge is -2.33. The highest BCUT2D eigenvalue weighted by Gasteiger charge is 2.29. The maximum atomic E-state index is 12.9. The Labute approximate surface area is 172 Å². The average molecular weight is 414 g/mol. The third-order valence-electron chi connectivity index (χ3n) is 5.01. The fourth-order valence-electron chi connectivity index (χ4n) is 3.17. The van der Waals surface area contributed by atoms with Crippen molar-refractivity contribution in [2.45, 2.75) is 31.1 Å². The number of hydrogen-bond donors (Lipinski definition) is 0. The minimum Gasteiger partial charge on any atom is -0.337 e. The van der Waals surface area contributed by atoms with Crippen molar-refractivity contribution in [3.05, 3.63) is 66.0 Å². The lowest BCUT2D eigenvalue weighted by Crippen LogP contribution is -2.50. The lowest BCUT2D eigenvalue weighted by atomic mass is 9.87. The number of aromatic nitrogens is 1. The van der Waals surface area contributed by atoms with Gasteiger partial charge in [-0.3, -0.25) is 9.78 Å². The molecule has 0 unspecified atom stereocenters. The summed E-state index contributed by atoms with van der Waals surface area (Å²) in [5, 5.41) is 0. The van der Waals surface area contributed by atoms with Gasteiger partial charge in [0, 0.05) is 44.6 Å². The number of carbonyl (C=O) groups is 1. The molecular formula is C22H27N3O3S. The van der Waals surface area contributed by atoms with Crippen molar-refractivity contribution < 1.29 is 13.2 Å². The standard InChI is InChI=1S/C22H27N3O3S/c1-22(2,3)19-7-9-20(10-8-19)29(27,28)25-15-13-24(14-16-25)21(26)11-6-18-5-4-12-23-17-18/h4-12,17H,13-16H2,1-3H3/b11-6+. The average Bonchev–Trinajstić information content (AvgIpc) is 2.72. The number of benzene rings is 1. The van der Waals surface area contributed by atoms with Crippen LogP contribution in [0.25, 0.3) is 6.08 Å². The molecule has 3 rings (SSSR count). The van der Waals surface area contributed by atoms with Crippen LogP contribution in [0.5, 0.6) is 0 Å². The van der Waals surface area contributed by atoms with Gasteiger partial charge < -0.3 is 4.90 Å². The Kier molecular flexibility index (Phi) is 6.19. The number of piperazine rings is 1. The van der Waals surface area contributed by atoms with Crippen LogP contribution in [0.2, 0.25) is 0 Å². The third kappa shape index (κ3) is 5.10. The molecule has 1 saturated heterocycles. The zero-order valence-electron chi connectivity index (χ0n) is 17.1. The molecule has 6 nitrogen and oxygen atoms in total. The van der Waals surface area contributed by atoms with E-state index in [0.29, 0.717) is 18.0 Å². The Balaban J connectivity index is 1.62. The van der Waals surface area contributed by atoms with Gasteiger partial charge in [-0.05, 0) is 40.8 Å². The van der Waals surface area contributed by atoms with Gasteiger partial charge in [0.2, 0.25) is 15.9 Å². The molecule has 1 aromatic carbocycles. The van der Waals surface area contributed by atoms with E-state index in [9.17, 15) is 13.2 Å². The first-order valence-corrected chi connectivity index (χ1v) is 11.1. The smallest absolute Gasteiger partial charge is 0.246 e. The maximum Gasteiger partial charge on any atom is 0.246 e. The van der Waals surface area contributed by atoms with E-state index in [0.717, 1.165) is 11.1 Å². The number of carbonyl (C=O) groups excluding carboxylic acids is 1. The molecule has 0 radical (unpaired) electrons. The second-order valence-electron chi connectivity index (χ2n) is 8.12. The highest BCUT2D eigenvalue weighted by Crippen LogP contribution is 2.25. The van der Waals surface area contributed by atoms with Gasteiger partial charge >= 0.3 is 0 Å². The van der Waals surface area contributed by atoms with Crippen LogP contribution in [0.4, 0.5) is 0 Å². The number of sulfonamides is 1. The third-order valence-corrected chi connectivity index (χ3v) is 6.92. The second-order valence-corrected chi connectivity index (χ2v) is 10.1. The minimum absolute atomic E-state index is 0.0301. The quantitative estimate of drug-likeness (QED) is 0.723. The Morgan fingerprint density at radius 1 is 1.03 bits per heavy atom. The van der Waals surface area contributed by atoms with E-state index in [4.69, 9.17) is 0 Å². The van der Waals surface area contributed by atoms with E-state index in [1.165, 1.54) is 10.4 Å². The van der Waals surface area contributed by atoms with Crippen LogP contribution < -0.4 is 0 Å². The topological polar surface area (TPSA) is 70.6 Å². The first-order valence-electron chi connectivity index (χ1n) is 9.66. The molecule has 0 atom stereocenters. The van der Waals surface area contributed by atoms with Crippen molar-refractivity contribution in [1.82, 2.24) is 14.2 Å². The Hall–Kier alpha value is -2.51. The molecule has 0 spiro atoms. The summed E-state index contributed by atoms with van der Waals surface area (Å²) in [5.41, 5.74) is 1.91. The molecule has 0 N–H and O–H groups in total. The van der Waals surface area contributed by atoms with Gasteiger partial charge in [-0.15, -0.1) is 0 Å². The first-order chi connectivity index (χ1) is 13.7. The van der Waals surface area contributed by atoms with Crippen LogP contribution in [-0.4, -0.2) is 54.7 Å². The molecule has 1 amide bonds. The van der Waals surface area contributed by atoms with Crippen LogP contribution >= 0.6 is 0 Å². The summed E-state index contributed by atoms with van der Waals surface area (Å²) in [5.74, 6) is -0.125. The molecule has 1 aromatic heterocycles. The number of amides is 1. The summed E-state index contributed by atoms with van der Waals surface area (Å²) in [6.07, 6.45) is 6.58. The van der Waals surface area contributed by atoms with Crippen LogP contribution in [-0.2, 0) is 20.2 Å². The largest absolute Gasteiger partial charge is 0.337 e. The van der Waals surface area contributed by atoms with Crippen molar-refractivity contribution in [2.24, 2.45) is 0 Å². The van der Waals surface area contributed by atoms with Gasteiger partial charge in [-0.2, -0.15) is 4.31 Å². The van der Waals surface area contributed by atoms with E-state index in [1.54, 1.807) is 35.5 Å². The predicted octanol–water partition coefficient (Wildman–Crippen LogP) is 2.93. The van der Waals surface area contributed by atoms with Crippen LogP contribution in [0.15, 0.2) is 59.8 Å². The fourth-order valence-corrected chi connectivity index (χ4v) is 4.59. The van der Waals surface area contributed by atoms with Gasteiger partial charge in [-0.25, -0.2) is 8.42 Å². The molecule has 0 saturated carbocycles. The maximum absolute atomic E-state index is 12.9. The minimum atomic E-state index is -3.56. The van der Waals surface area contributed by atoms with E-state index in [-0.39, 0.29) is 24.4 Å². The highest BCUT2D eigenvalue weighted by molar-refractivity contribution is 7.89. The number of pyridine rings is 1. The molecule has 154 valence electrons. The highest BCUT2D eigenvalue weighted by atomic mass is 32.2. The SMILES string of the molecule is CC(C)(C)c1ccc(S(=O)(=O)N2CCN(C(=O)/C=C/c3cccnc3)CC2)cc1. The predicted molar refractivity (Wildman–Crippen MR) is 114 cm³/mol. The zero-order valence-corrected chi connectivity index (χ0v) is 17.9. The number of nitrogens with zero attached hydrogens (tertiary/aromatic N) is 3. The van der Waals surface area contributed by atoms with E-state index < -0.39 is 10.0 Å². The molecular weight excluding hydrogens is 386 g/mol. The van der Waals surface area contributed by atoms with E-state index in [2.05, 4.69) is 25.8 Å². The zero-order chi connectivity index (χ0) is 21.1. The fraction of sp³-hybridized carbons (Fsp3) is 0.364. The summed E-state index contributed by atoms with van der Waals surface area (Å²) in [6, 6.07) is 10.8. The van der Waals surface area contributed by atoms with Crippen molar-refractivity contribution in [1.29, 1.82) is 0 Å². The van der Waals surface area contributed by atoms with Crippen LogP contribution in [0.3, 0.4) is 0 Å². The Morgan fingerprint density at radius 2 is 1.69 bits per heavy atom. The second kappa shape index (κ2) is 8.47. The monoisotopic (exact) mass is 413 g/mol. The molecule has 29 heavy (non-hydrogen) atoms. The summed E-state index contributed by atoms with van der Waals surface area (Å²) < 4.78 is 27.3. The van der Waals surface area contributed by atoms with Gasteiger partial charge in [0.05, 0.1) is 4.90 Å². The molecule has 0 aliphatic carbocycles. The molecule has 0 bridgehead atoms. The number of hydrogen-bond acceptors (Lipinski definition) is 4.